The van der Waals surface area contributed by atoms with Crippen molar-refractivity contribution in [1.29, 1.82) is 0 Å². The molecule has 0 spiro atoms. The maximum absolute atomic E-state index is 12.0. The van der Waals surface area contributed by atoms with Gasteiger partial charge in [-0.3, -0.25) is 4.90 Å². The fourth-order valence-electron chi connectivity index (χ4n) is 2.63. The summed E-state index contributed by atoms with van der Waals surface area (Å²) in [4.78, 5) is 16.3. The van der Waals surface area contributed by atoms with Crippen molar-refractivity contribution in [1.82, 2.24) is 15.1 Å². The van der Waals surface area contributed by atoms with Crippen LogP contribution in [0.15, 0.2) is 24.3 Å². The lowest BCUT2D eigenvalue weighted by molar-refractivity contribution is 0.135. The van der Waals surface area contributed by atoms with E-state index in [1.807, 2.05) is 4.90 Å². The summed E-state index contributed by atoms with van der Waals surface area (Å²) >= 11 is 0. The van der Waals surface area contributed by atoms with Crippen LogP contribution in [0.3, 0.4) is 0 Å². The van der Waals surface area contributed by atoms with Crippen molar-refractivity contribution >= 4 is 6.03 Å². The molecule has 3 rings (SSSR count). The fraction of sp³-hybridized carbons (Fsp3) is 0.562. The monoisotopic (exact) mass is 273 g/mol. The number of hydrogen-bond acceptors (Lipinski definition) is 2. The molecule has 0 unspecified atom stereocenters. The number of carbonyl (C=O) groups excluding carboxylic acids is 1. The van der Waals surface area contributed by atoms with Crippen molar-refractivity contribution in [3.8, 4) is 0 Å². The van der Waals surface area contributed by atoms with Crippen molar-refractivity contribution in [3.63, 3.8) is 0 Å². The van der Waals surface area contributed by atoms with Gasteiger partial charge in [-0.2, -0.15) is 0 Å². The van der Waals surface area contributed by atoms with Crippen LogP contribution >= 0.6 is 0 Å². The van der Waals surface area contributed by atoms with Gasteiger partial charge in [0.15, 0.2) is 0 Å². The highest BCUT2D eigenvalue weighted by Crippen LogP contribution is 2.19. The first-order valence-corrected chi connectivity index (χ1v) is 7.54. The minimum atomic E-state index is 0.128. The average Bonchev–Trinajstić information content (AvgIpc) is 3.26. The second-order valence-corrected chi connectivity index (χ2v) is 5.91. The second-order valence-electron chi connectivity index (χ2n) is 5.91. The zero-order valence-corrected chi connectivity index (χ0v) is 12.1. The lowest BCUT2D eigenvalue weighted by atomic mass is 10.1. The van der Waals surface area contributed by atoms with Crippen LogP contribution < -0.4 is 5.32 Å². The summed E-state index contributed by atoms with van der Waals surface area (Å²) in [6, 6.07) is 9.12. The van der Waals surface area contributed by atoms with Crippen LogP contribution in [0.5, 0.6) is 0 Å². The Morgan fingerprint density at radius 2 is 1.90 bits per heavy atom. The van der Waals surface area contributed by atoms with Gasteiger partial charge in [0.25, 0.3) is 0 Å². The first-order chi connectivity index (χ1) is 9.72. The van der Waals surface area contributed by atoms with Crippen molar-refractivity contribution in [2.24, 2.45) is 0 Å². The third-order valence-corrected chi connectivity index (χ3v) is 4.22. The van der Waals surface area contributed by atoms with Crippen LogP contribution in [0.4, 0.5) is 4.79 Å². The van der Waals surface area contributed by atoms with Gasteiger partial charge in [-0.1, -0.05) is 24.3 Å². The molecule has 4 heteroatoms. The quantitative estimate of drug-likeness (QED) is 0.914. The highest BCUT2D eigenvalue weighted by molar-refractivity contribution is 5.75. The van der Waals surface area contributed by atoms with Crippen molar-refractivity contribution < 1.29 is 4.79 Å². The number of carbonyl (C=O) groups is 1. The molecular formula is C16H23N3O. The number of aryl methyl sites for hydroxylation is 1. The third-order valence-electron chi connectivity index (χ3n) is 4.22. The van der Waals surface area contributed by atoms with Gasteiger partial charge in [-0.05, 0) is 30.9 Å². The Morgan fingerprint density at radius 1 is 1.20 bits per heavy atom. The number of piperazine rings is 1. The van der Waals surface area contributed by atoms with E-state index in [0.717, 1.165) is 45.6 Å². The minimum Gasteiger partial charge on any atom is -0.335 e. The van der Waals surface area contributed by atoms with Gasteiger partial charge in [-0.15, -0.1) is 0 Å². The zero-order chi connectivity index (χ0) is 13.9. The van der Waals surface area contributed by atoms with Gasteiger partial charge in [0, 0.05) is 38.8 Å². The molecular weight excluding hydrogens is 250 g/mol. The highest BCUT2D eigenvalue weighted by atomic mass is 16.2. The molecule has 1 aromatic rings. The van der Waals surface area contributed by atoms with E-state index in [4.69, 9.17) is 0 Å². The van der Waals surface area contributed by atoms with Crippen LogP contribution in [0, 0.1) is 6.92 Å². The Bertz CT molecular complexity index is 476. The van der Waals surface area contributed by atoms with E-state index in [1.54, 1.807) is 0 Å². The summed E-state index contributed by atoms with van der Waals surface area (Å²) in [5.74, 6) is 0. The lowest BCUT2D eigenvalue weighted by Crippen LogP contribution is -2.51. The molecule has 0 aromatic heterocycles. The number of amides is 2. The molecule has 1 aliphatic carbocycles. The van der Waals surface area contributed by atoms with E-state index in [9.17, 15) is 4.79 Å². The maximum Gasteiger partial charge on any atom is 0.317 e. The maximum atomic E-state index is 12.0. The molecule has 1 heterocycles. The zero-order valence-electron chi connectivity index (χ0n) is 12.1. The summed E-state index contributed by atoms with van der Waals surface area (Å²) in [6.07, 6.45) is 2.30. The molecule has 0 radical (unpaired) electrons. The van der Waals surface area contributed by atoms with Crippen LogP contribution in [0.25, 0.3) is 0 Å². The van der Waals surface area contributed by atoms with Gasteiger partial charge < -0.3 is 10.2 Å². The van der Waals surface area contributed by atoms with Crippen molar-refractivity contribution in [3.05, 3.63) is 35.4 Å². The van der Waals surface area contributed by atoms with E-state index in [2.05, 4.69) is 41.4 Å². The average molecular weight is 273 g/mol. The van der Waals surface area contributed by atoms with E-state index >= 15 is 0 Å². The molecule has 1 aromatic carbocycles. The number of urea groups is 1. The topological polar surface area (TPSA) is 35.6 Å². The number of benzene rings is 1. The van der Waals surface area contributed by atoms with Crippen LogP contribution in [0.2, 0.25) is 0 Å². The van der Waals surface area contributed by atoms with Gasteiger partial charge >= 0.3 is 6.03 Å². The molecule has 20 heavy (non-hydrogen) atoms. The first-order valence-electron chi connectivity index (χ1n) is 7.54. The molecule has 2 aliphatic rings. The van der Waals surface area contributed by atoms with Crippen LogP contribution in [-0.2, 0) is 6.54 Å². The molecule has 1 saturated heterocycles. The Labute approximate surface area is 120 Å². The summed E-state index contributed by atoms with van der Waals surface area (Å²) < 4.78 is 0. The highest BCUT2D eigenvalue weighted by Gasteiger charge is 2.27. The fourth-order valence-corrected chi connectivity index (χ4v) is 2.63. The smallest absolute Gasteiger partial charge is 0.317 e. The summed E-state index contributed by atoms with van der Waals surface area (Å²) in [5.41, 5.74) is 2.74. The minimum absolute atomic E-state index is 0.128. The summed E-state index contributed by atoms with van der Waals surface area (Å²) in [7, 11) is 0. The molecule has 108 valence electrons. The molecule has 1 saturated carbocycles. The van der Waals surface area contributed by atoms with E-state index in [0.29, 0.717) is 6.04 Å². The SMILES string of the molecule is Cc1ccccc1CN1CCN(C(=O)NC2CC2)CC1. The predicted octanol–water partition coefficient (Wildman–Crippen LogP) is 1.98. The van der Waals surface area contributed by atoms with E-state index in [-0.39, 0.29) is 6.03 Å². The van der Waals surface area contributed by atoms with Crippen LogP contribution in [-0.4, -0.2) is 48.1 Å². The molecule has 0 atom stereocenters. The predicted molar refractivity (Wildman–Crippen MR) is 79.6 cm³/mol. The largest absolute Gasteiger partial charge is 0.335 e. The Balaban J connectivity index is 1.48. The lowest BCUT2D eigenvalue weighted by Gasteiger charge is -2.35. The Hall–Kier alpha value is -1.55. The van der Waals surface area contributed by atoms with Gasteiger partial charge in [0.1, 0.15) is 0 Å². The first kappa shape index (κ1) is 13.4. The normalized spacial score (nSPS) is 19.9. The van der Waals surface area contributed by atoms with Gasteiger partial charge in [-0.25, -0.2) is 4.79 Å². The molecule has 2 amide bonds. The molecule has 1 aliphatic heterocycles. The molecule has 2 fully saturated rings. The van der Waals surface area contributed by atoms with Crippen LogP contribution in [0.1, 0.15) is 24.0 Å². The van der Waals surface area contributed by atoms with Crippen molar-refractivity contribution in [2.75, 3.05) is 26.2 Å². The standard InChI is InChI=1S/C16H23N3O/c1-13-4-2-3-5-14(13)12-18-8-10-19(11-9-18)16(20)17-15-6-7-15/h2-5,15H,6-12H2,1H3,(H,17,20). The van der Waals surface area contributed by atoms with E-state index in [1.165, 1.54) is 11.1 Å². The molecule has 4 nitrogen and oxygen atoms in total. The Kier molecular flexibility index (Phi) is 3.92. The second kappa shape index (κ2) is 5.83. The molecule has 1 N–H and O–H groups in total. The summed E-state index contributed by atoms with van der Waals surface area (Å²) in [5, 5.41) is 3.07. The number of nitrogens with zero attached hydrogens (tertiary/aromatic N) is 2. The Morgan fingerprint density at radius 3 is 2.55 bits per heavy atom. The number of hydrogen-bond donors (Lipinski definition) is 1. The van der Waals surface area contributed by atoms with E-state index < -0.39 is 0 Å². The summed E-state index contributed by atoms with van der Waals surface area (Å²) in [6.45, 7) is 6.76. The van der Waals surface area contributed by atoms with Gasteiger partial charge in [0.05, 0.1) is 0 Å². The van der Waals surface area contributed by atoms with Gasteiger partial charge in [0.2, 0.25) is 0 Å². The molecule has 0 bridgehead atoms. The van der Waals surface area contributed by atoms with Crippen molar-refractivity contribution in [2.45, 2.75) is 32.4 Å². The third kappa shape index (κ3) is 3.31. The number of nitrogens with one attached hydrogen (secondary N) is 1. The number of rotatable bonds is 3.